The molecule has 0 unspecified atom stereocenters. The van der Waals surface area contributed by atoms with Gasteiger partial charge in [0.15, 0.2) is 0 Å². The van der Waals surface area contributed by atoms with Gasteiger partial charge in [-0.1, -0.05) is 6.07 Å². The van der Waals surface area contributed by atoms with E-state index in [9.17, 15) is 4.79 Å². The minimum atomic E-state index is 0.113. The lowest BCUT2D eigenvalue weighted by Gasteiger charge is -2.27. The van der Waals surface area contributed by atoms with Crippen LogP contribution in [0.4, 0.5) is 5.69 Å². The van der Waals surface area contributed by atoms with Crippen LogP contribution in [-0.4, -0.2) is 23.4 Å². The highest BCUT2D eigenvalue weighted by Crippen LogP contribution is 2.31. The summed E-state index contributed by atoms with van der Waals surface area (Å²) >= 11 is 0. The Morgan fingerprint density at radius 1 is 1.44 bits per heavy atom. The van der Waals surface area contributed by atoms with E-state index < -0.39 is 0 Å². The number of hydrogen-bond donors (Lipinski definition) is 1. The van der Waals surface area contributed by atoms with Crippen molar-refractivity contribution in [2.45, 2.75) is 39.7 Å². The van der Waals surface area contributed by atoms with E-state index in [1.807, 2.05) is 24.0 Å². The zero-order chi connectivity index (χ0) is 13.3. The quantitative estimate of drug-likeness (QED) is 0.830. The van der Waals surface area contributed by atoms with Crippen LogP contribution in [0.2, 0.25) is 0 Å². The molecule has 0 heterocycles. The van der Waals surface area contributed by atoms with Crippen LogP contribution < -0.4 is 5.73 Å². The van der Waals surface area contributed by atoms with Crippen molar-refractivity contribution in [1.82, 2.24) is 4.90 Å². The Morgan fingerprint density at radius 2 is 2.11 bits per heavy atom. The van der Waals surface area contributed by atoms with Gasteiger partial charge in [0, 0.05) is 23.8 Å². The van der Waals surface area contributed by atoms with Crippen molar-refractivity contribution < 1.29 is 4.79 Å². The number of anilines is 1. The fraction of sp³-hybridized carbons (Fsp3) is 0.533. The van der Waals surface area contributed by atoms with E-state index in [2.05, 4.69) is 13.8 Å². The predicted molar refractivity (Wildman–Crippen MR) is 74.5 cm³/mol. The maximum absolute atomic E-state index is 12.6. The average Bonchev–Trinajstić information content (AvgIpc) is 3.12. The molecule has 0 radical (unpaired) electrons. The lowest BCUT2D eigenvalue weighted by Crippen LogP contribution is -2.38. The van der Waals surface area contributed by atoms with Crippen LogP contribution in [0.3, 0.4) is 0 Å². The second-order valence-corrected chi connectivity index (χ2v) is 5.57. The molecular formula is C15H22N2O. The summed E-state index contributed by atoms with van der Waals surface area (Å²) in [6.45, 7) is 6.98. The van der Waals surface area contributed by atoms with Gasteiger partial charge >= 0.3 is 0 Å². The van der Waals surface area contributed by atoms with E-state index in [-0.39, 0.29) is 11.9 Å². The zero-order valence-corrected chi connectivity index (χ0v) is 11.4. The molecule has 1 saturated carbocycles. The number of rotatable bonds is 4. The molecule has 0 spiro atoms. The second kappa shape index (κ2) is 5.01. The molecule has 0 atom stereocenters. The van der Waals surface area contributed by atoms with E-state index >= 15 is 0 Å². The van der Waals surface area contributed by atoms with Crippen molar-refractivity contribution in [3.63, 3.8) is 0 Å². The maximum atomic E-state index is 12.6. The first kappa shape index (κ1) is 12.9. The first-order valence-corrected chi connectivity index (χ1v) is 6.66. The van der Waals surface area contributed by atoms with Gasteiger partial charge in [-0.05, 0) is 57.2 Å². The molecule has 18 heavy (non-hydrogen) atoms. The lowest BCUT2D eigenvalue weighted by molar-refractivity contribution is 0.0695. The first-order valence-electron chi connectivity index (χ1n) is 6.66. The second-order valence-electron chi connectivity index (χ2n) is 5.57. The number of benzene rings is 1. The standard InChI is InChI=1S/C15H22N2O/c1-10(2)17(9-12-5-6-12)15(18)14-8-13(16)7-4-11(14)3/h4,7-8,10,12H,5-6,9,16H2,1-3H3. The Morgan fingerprint density at radius 3 is 2.67 bits per heavy atom. The molecule has 1 fully saturated rings. The van der Waals surface area contributed by atoms with Gasteiger partial charge < -0.3 is 10.6 Å². The summed E-state index contributed by atoms with van der Waals surface area (Å²) < 4.78 is 0. The van der Waals surface area contributed by atoms with Gasteiger partial charge in [0.05, 0.1) is 0 Å². The smallest absolute Gasteiger partial charge is 0.254 e. The van der Waals surface area contributed by atoms with Crippen molar-refractivity contribution in [1.29, 1.82) is 0 Å². The first-order chi connectivity index (χ1) is 8.49. The van der Waals surface area contributed by atoms with Gasteiger partial charge in [0.1, 0.15) is 0 Å². The highest BCUT2D eigenvalue weighted by molar-refractivity contribution is 5.96. The minimum Gasteiger partial charge on any atom is -0.399 e. The fourth-order valence-electron chi connectivity index (χ4n) is 2.13. The molecule has 3 nitrogen and oxygen atoms in total. The van der Waals surface area contributed by atoms with Crippen molar-refractivity contribution in [3.05, 3.63) is 29.3 Å². The summed E-state index contributed by atoms with van der Waals surface area (Å²) in [5.41, 5.74) is 8.17. The van der Waals surface area contributed by atoms with Crippen LogP contribution in [0.15, 0.2) is 18.2 Å². The van der Waals surface area contributed by atoms with Gasteiger partial charge in [-0.15, -0.1) is 0 Å². The zero-order valence-electron chi connectivity index (χ0n) is 11.4. The van der Waals surface area contributed by atoms with Crippen LogP contribution in [0.1, 0.15) is 42.6 Å². The van der Waals surface area contributed by atoms with E-state index in [0.29, 0.717) is 11.6 Å². The lowest BCUT2D eigenvalue weighted by atomic mass is 10.1. The van der Waals surface area contributed by atoms with Crippen LogP contribution in [0.5, 0.6) is 0 Å². The predicted octanol–water partition coefficient (Wildman–Crippen LogP) is 2.84. The summed E-state index contributed by atoms with van der Waals surface area (Å²) in [4.78, 5) is 14.6. The fourth-order valence-corrected chi connectivity index (χ4v) is 2.13. The highest BCUT2D eigenvalue weighted by atomic mass is 16.2. The Labute approximate surface area is 109 Å². The van der Waals surface area contributed by atoms with Crippen LogP contribution in [-0.2, 0) is 0 Å². The molecular weight excluding hydrogens is 224 g/mol. The largest absolute Gasteiger partial charge is 0.399 e. The Hall–Kier alpha value is -1.51. The Kier molecular flexibility index (Phi) is 3.60. The monoisotopic (exact) mass is 246 g/mol. The summed E-state index contributed by atoms with van der Waals surface area (Å²) in [5.74, 6) is 0.819. The van der Waals surface area contributed by atoms with Crippen LogP contribution >= 0.6 is 0 Å². The number of nitrogens with zero attached hydrogens (tertiary/aromatic N) is 1. The molecule has 98 valence electrons. The third kappa shape index (κ3) is 2.84. The molecule has 1 aliphatic carbocycles. The van der Waals surface area contributed by atoms with E-state index in [1.54, 1.807) is 6.07 Å². The molecule has 1 amide bonds. The molecule has 1 aromatic rings. The molecule has 0 bridgehead atoms. The van der Waals surface area contributed by atoms with Crippen molar-refractivity contribution in [2.24, 2.45) is 5.92 Å². The number of carbonyl (C=O) groups is 1. The third-order valence-corrected chi connectivity index (χ3v) is 3.53. The number of aryl methyl sites for hydroxylation is 1. The van der Waals surface area contributed by atoms with Gasteiger partial charge in [0.2, 0.25) is 0 Å². The maximum Gasteiger partial charge on any atom is 0.254 e. The van der Waals surface area contributed by atoms with Gasteiger partial charge in [0.25, 0.3) is 5.91 Å². The van der Waals surface area contributed by atoms with Gasteiger partial charge in [-0.25, -0.2) is 0 Å². The van der Waals surface area contributed by atoms with Gasteiger partial charge in [-0.2, -0.15) is 0 Å². The number of nitrogens with two attached hydrogens (primary N) is 1. The third-order valence-electron chi connectivity index (χ3n) is 3.53. The molecule has 0 saturated heterocycles. The number of nitrogen functional groups attached to an aromatic ring is 1. The SMILES string of the molecule is Cc1ccc(N)cc1C(=O)N(CC1CC1)C(C)C. The topological polar surface area (TPSA) is 46.3 Å². The molecule has 0 aromatic heterocycles. The van der Waals surface area contributed by atoms with Crippen LogP contribution in [0.25, 0.3) is 0 Å². The Balaban J connectivity index is 2.23. The van der Waals surface area contributed by atoms with E-state index in [1.165, 1.54) is 12.8 Å². The van der Waals surface area contributed by atoms with Gasteiger partial charge in [-0.3, -0.25) is 4.79 Å². The van der Waals surface area contributed by atoms with E-state index in [4.69, 9.17) is 5.73 Å². The van der Waals surface area contributed by atoms with Crippen molar-refractivity contribution in [3.8, 4) is 0 Å². The average molecular weight is 246 g/mol. The van der Waals surface area contributed by atoms with Crippen molar-refractivity contribution in [2.75, 3.05) is 12.3 Å². The Bertz CT molecular complexity index is 450. The summed E-state index contributed by atoms with van der Waals surface area (Å²) in [7, 11) is 0. The summed E-state index contributed by atoms with van der Waals surface area (Å²) in [5, 5.41) is 0. The molecule has 1 aromatic carbocycles. The number of carbonyl (C=O) groups excluding carboxylic acids is 1. The molecule has 2 N–H and O–H groups in total. The number of hydrogen-bond acceptors (Lipinski definition) is 2. The molecule has 2 rings (SSSR count). The summed E-state index contributed by atoms with van der Waals surface area (Å²) in [6.07, 6.45) is 2.51. The summed E-state index contributed by atoms with van der Waals surface area (Å²) in [6, 6.07) is 5.78. The molecule has 3 heteroatoms. The van der Waals surface area contributed by atoms with Crippen molar-refractivity contribution >= 4 is 11.6 Å². The minimum absolute atomic E-state index is 0.113. The normalized spacial score (nSPS) is 14.9. The molecule has 0 aliphatic heterocycles. The van der Waals surface area contributed by atoms with E-state index in [0.717, 1.165) is 17.7 Å². The number of amides is 1. The van der Waals surface area contributed by atoms with Crippen LogP contribution in [0, 0.1) is 12.8 Å². The highest BCUT2D eigenvalue weighted by Gasteiger charge is 2.29. The molecule has 1 aliphatic rings.